The van der Waals surface area contributed by atoms with Crippen LogP contribution in [0.2, 0.25) is 5.02 Å². The van der Waals surface area contributed by atoms with E-state index in [0.29, 0.717) is 30.1 Å². The number of amides is 1. The molecule has 1 amide bonds. The highest BCUT2D eigenvalue weighted by Crippen LogP contribution is 2.34. The molecule has 0 radical (unpaired) electrons. The summed E-state index contributed by atoms with van der Waals surface area (Å²) >= 11 is 6.33. The molecule has 0 aliphatic carbocycles. The van der Waals surface area contributed by atoms with Crippen molar-refractivity contribution in [3.05, 3.63) is 53.1 Å². The molecule has 2 heterocycles. The van der Waals surface area contributed by atoms with Crippen molar-refractivity contribution in [2.24, 2.45) is 0 Å². The third-order valence-corrected chi connectivity index (χ3v) is 7.04. The molecule has 13 heteroatoms. The molecule has 0 unspecified atom stereocenters. The Labute approximate surface area is 213 Å². The minimum absolute atomic E-state index is 0.0263. The number of nitrogen functional groups attached to an aromatic ring is 1. The van der Waals surface area contributed by atoms with Crippen molar-refractivity contribution in [2.45, 2.75) is 4.90 Å². The number of carbonyl (C=O) groups is 1. The first-order chi connectivity index (χ1) is 17.2. The fraction of sp³-hybridized carbons (Fsp3) is 0.261. The topological polar surface area (TPSA) is 152 Å². The lowest BCUT2D eigenvalue weighted by Gasteiger charge is -2.27. The largest absolute Gasteiger partial charge is 0.495 e. The van der Waals surface area contributed by atoms with Crippen molar-refractivity contribution < 1.29 is 17.9 Å². The number of anilines is 5. The van der Waals surface area contributed by atoms with Crippen molar-refractivity contribution in [1.29, 1.82) is 0 Å². The highest BCUT2D eigenvalue weighted by atomic mass is 35.5. The fourth-order valence-electron chi connectivity index (χ4n) is 3.73. The van der Waals surface area contributed by atoms with Crippen molar-refractivity contribution in [1.82, 2.24) is 20.2 Å². The van der Waals surface area contributed by atoms with Gasteiger partial charge >= 0.3 is 0 Å². The van der Waals surface area contributed by atoms with E-state index < -0.39 is 9.84 Å². The van der Waals surface area contributed by atoms with Crippen molar-refractivity contribution in [3.63, 3.8) is 0 Å². The van der Waals surface area contributed by atoms with Gasteiger partial charge in [0.1, 0.15) is 16.6 Å². The molecule has 2 aromatic carbocycles. The van der Waals surface area contributed by atoms with Gasteiger partial charge in [0.25, 0.3) is 5.91 Å². The second kappa shape index (κ2) is 10.6. The molecule has 1 aliphatic rings. The lowest BCUT2D eigenvalue weighted by atomic mass is 10.1. The van der Waals surface area contributed by atoms with E-state index in [4.69, 9.17) is 22.1 Å². The number of benzene rings is 2. The minimum atomic E-state index is -3.52. The summed E-state index contributed by atoms with van der Waals surface area (Å²) in [6.07, 6.45) is 1.11. The zero-order valence-corrected chi connectivity index (χ0v) is 21.3. The standard InChI is InChI=1S/C23H26ClN7O4S/c1-35-17-8-7-14(22(32)31-11-9-26-10-12-31)13-16(17)28-23-29-20(25)19(24)21(30-23)27-15-5-3-4-6-18(15)36(2,33)34/h3-8,13,26H,9-12H2,1-2H3,(H4,25,27,28,29,30). The van der Waals surface area contributed by atoms with Crippen LogP contribution in [0.3, 0.4) is 0 Å². The summed E-state index contributed by atoms with van der Waals surface area (Å²) in [5.41, 5.74) is 7.23. The van der Waals surface area contributed by atoms with E-state index in [-0.39, 0.29) is 39.1 Å². The van der Waals surface area contributed by atoms with Crippen LogP contribution in [0.4, 0.5) is 29.0 Å². The van der Waals surface area contributed by atoms with Crippen molar-refractivity contribution in [2.75, 3.05) is 55.9 Å². The average Bonchev–Trinajstić information content (AvgIpc) is 2.86. The minimum Gasteiger partial charge on any atom is -0.495 e. The number of nitrogens with zero attached hydrogens (tertiary/aromatic N) is 3. The Kier molecular flexibility index (Phi) is 7.48. The van der Waals surface area contributed by atoms with Gasteiger partial charge in [-0.1, -0.05) is 23.7 Å². The Balaban J connectivity index is 1.66. The van der Waals surface area contributed by atoms with Gasteiger partial charge in [0, 0.05) is 38.0 Å². The van der Waals surface area contributed by atoms with Gasteiger partial charge in [0.15, 0.2) is 15.7 Å². The Bertz CT molecular complexity index is 1400. The molecular formula is C23H26ClN7O4S. The monoisotopic (exact) mass is 531 g/mol. The summed E-state index contributed by atoms with van der Waals surface area (Å²) in [5, 5.41) is 9.22. The van der Waals surface area contributed by atoms with E-state index in [1.165, 1.54) is 13.2 Å². The Hall–Kier alpha value is -3.61. The summed E-state index contributed by atoms with van der Waals surface area (Å²) in [6, 6.07) is 11.4. The zero-order valence-electron chi connectivity index (χ0n) is 19.7. The van der Waals surface area contributed by atoms with Crippen LogP contribution in [0, 0.1) is 0 Å². The Morgan fingerprint density at radius 1 is 1.11 bits per heavy atom. The Morgan fingerprint density at radius 2 is 1.83 bits per heavy atom. The number of para-hydroxylation sites is 1. The molecular weight excluding hydrogens is 506 g/mol. The third-order valence-electron chi connectivity index (χ3n) is 5.51. The normalized spacial score (nSPS) is 13.8. The molecule has 1 fully saturated rings. The molecule has 4 rings (SSSR count). The molecule has 5 N–H and O–H groups in total. The molecule has 0 saturated carbocycles. The van der Waals surface area contributed by atoms with Crippen LogP contribution in [0.1, 0.15) is 10.4 Å². The number of carbonyl (C=O) groups excluding carboxylic acids is 1. The smallest absolute Gasteiger partial charge is 0.254 e. The molecule has 190 valence electrons. The second-order valence-electron chi connectivity index (χ2n) is 8.07. The molecule has 3 aromatic rings. The van der Waals surface area contributed by atoms with Gasteiger partial charge < -0.3 is 31.3 Å². The van der Waals surface area contributed by atoms with Crippen molar-refractivity contribution >= 4 is 56.3 Å². The second-order valence-corrected chi connectivity index (χ2v) is 10.4. The van der Waals surface area contributed by atoms with Gasteiger partial charge in [0.05, 0.1) is 23.4 Å². The first kappa shape index (κ1) is 25.5. The third kappa shape index (κ3) is 5.61. The van der Waals surface area contributed by atoms with Crippen LogP contribution in [-0.2, 0) is 9.84 Å². The number of nitrogens with two attached hydrogens (primary N) is 1. The number of methoxy groups -OCH3 is 1. The zero-order chi connectivity index (χ0) is 25.9. The summed E-state index contributed by atoms with van der Waals surface area (Å²) in [6.45, 7) is 2.72. The van der Waals surface area contributed by atoms with E-state index >= 15 is 0 Å². The molecule has 1 aromatic heterocycles. The number of nitrogens with one attached hydrogen (secondary N) is 3. The summed E-state index contributed by atoms with van der Waals surface area (Å²) in [7, 11) is -2.01. The predicted octanol–water partition coefficient (Wildman–Crippen LogP) is 2.66. The van der Waals surface area contributed by atoms with Crippen LogP contribution >= 0.6 is 11.6 Å². The summed E-state index contributed by atoms with van der Waals surface area (Å²) < 4.78 is 29.8. The van der Waals surface area contributed by atoms with E-state index in [1.807, 2.05) is 0 Å². The SMILES string of the molecule is COc1ccc(C(=O)N2CCNCC2)cc1Nc1nc(N)c(Cl)c(Nc2ccccc2S(C)(=O)=O)n1. The maximum Gasteiger partial charge on any atom is 0.254 e. The van der Waals surface area contributed by atoms with Crippen LogP contribution in [0.25, 0.3) is 0 Å². The summed E-state index contributed by atoms with van der Waals surface area (Å²) in [5.74, 6) is 0.510. The molecule has 1 aliphatic heterocycles. The van der Waals surface area contributed by atoms with Crippen molar-refractivity contribution in [3.8, 4) is 5.75 Å². The van der Waals surface area contributed by atoms with Crippen LogP contribution in [0.5, 0.6) is 5.75 Å². The first-order valence-electron chi connectivity index (χ1n) is 11.0. The maximum absolute atomic E-state index is 13.0. The number of ether oxygens (including phenoxy) is 1. The predicted molar refractivity (Wildman–Crippen MR) is 139 cm³/mol. The lowest BCUT2D eigenvalue weighted by molar-refractivity contribution is 0.0736. The van der Waals surface area contributed by atoms with Gasteiger partial charge in [-0.05, 0) is 30.3 Å². The number of halogens is 1. The van der Waals surface area contributed by atoms with Gasteiger partial charge in [-0.25, -0.2) is 8.42 Å². The lowest BCUT2D eigenvalue weighted by Crippen LogP contribution is -2.46. The van der Waals surface area contributed by atoms with Gasteiger partial charge in [-0.3, -0.25) is 4.79 Å². The molecule has 0 spiro atoms. The molecule has 0 bridgehead atoms. The number of hydrogen-bond donors (Lipinski definition) is 4. The van der Waals surface area contributed by atoms with E-state index in [2.05, 4.69) is 25.9 Å². The number of sulfone groups is 1. The van der Waals surface area contributed by atoms with Crippen LogP contribution < -0.4 is 26.4 Å². The highest BCUT2D eigenvalue weighted by molar-refractivity contribution is 7.90. The van der Waals surface area contributed by atoms with Gasteiger partial charge in [-0.15, -0.1) is 0 Å². The quantitative estimate of drug-likeness (QED) is 0.358. The van der Waals surface area contributed by atoms with E-state index in [1.54, 1.807) is 41.3 Å². The Morgan fingerprint density at radius 3 is 2.53 bits per heavy atom. The summed E-state index contributed by atoms with van der Waals surface area (Å²) in [4.78, 5) is 23.4. The number of rotatable bonds is 7. The average molecular weight is 532 g/mol. The fourth-order valence-corrected chi connectivity index (χ4v) is 4.71. The van der Waals surface area contributed by atoms with Gasteiger partial charge in [-0.2, -0.15) is 9.97 Å². The molecule has 36 heavy (non-hydrogen) atoms. The molecule has 1 saturated heterocycles. The van der Waals surface area contributed by atoms with E-state index in [9.17, 15) is 13.2 Å². The van der Waals surface area contributed by atoms with Gasteiger partial charge in [0.2, 0.25) is 5.95 Å². The van der Waals surface area contributed by atoms with Crippen LogP contribution in [-0.4, -0.2) is 68.7 Å². The first-order valence-corrected chi connectivity index (χ1v) is 13.3. The highest BCUT2D eigenvalue weighted by Gasteiger charge is 2.21. The number of hydrogen-bond acceptors (Lipinski definition) is 10. The number of aromatic nitrogens is 2. The maximum atomic E-state index is 13.0. The van der Waals surface area contributed by atoms with Crippen LogP contribution in [0.15, 0.2) is 47.4 Å². The molecule has 0 atom stereocenters. The van der Waals surface area contributed by atoms with E-state index in [0.717, 1.165) is 19.3 Å². The molecule has 11 nitrogen and oxygen atoms in total. The number of piperazine rings is 1.